The minimum Gasteiger partial charge on any atom is -0.366 e. The van der Waals surface area contributed by atoms with Crippen molar-refractivity contribution in [2.24, 2.45) is 5.41 Å². The predicted molar refractivity (Wildman–Crippen MR) is 122 cm³/mol. The summed E-state index contributed by atoms with van der Waals surface area (Å²) in [5.41, 5.74) is 4.08. The molecular formula is C23H32F3N3OS. The summed E-state index contributed by atoms with van der Waals surface area (Å²) in [5, 5.41) is 2.24. The van der Waals surface area contributed by atoms with Crippen molar-refractivity contribution in [3.8, 4) is 0 Å². The van der Waals surface area contributed by atoms with Gasteiger partial charge in [0, 0.05) is 35.6 Å². The van der Waals surface area contributed by atoms with Crippen LogP contribution in [0.1, 0.15) is 67.7 Å². The Morgan fingerprint density at radius 1 is 1.16 bits per heavy atom. The van der Waals surface area contributed by atoms with Gasteiger partial charge in [0.25, 0.3) is 0 Å². The molecular weight excluding hydrogens is 423 g/mol. The molecule has 1 N–H and O–H groups in total. The number of rotatable bonds is 3. The number of fused-ring (bicyclic) bond motifs is 1. The van der Waals surface area contributed by atoms with Crippen LogP contribution in [-0.4, -0.2) is 17.4 Å². The molecule has 3 rings (SSSR count). The van der Waals surface area contributed by atoms with Gasteiger partial charge in [-0.25, -0.2) is 4.98 Å². The number of aryl methyl sites for hydroxylation is 2. The standard InChI is InChI=1S/C21H26F3N3OS.C2H6/c1-12-8-14(9-13(2)18(12)26-17(28)10-20(3,4)5)27-7-6-15-16(11-27)29-19(25-15)21(22,23)24;1-2/h8-9H,6-7,10-11H2,1-5H3,(H,26,28);1-2H3. The highest BCUT2D eigenvalue weighted by molar-refractivity contribution is 7.11. The summed E-state index contributed by atoms with van der Waals surface area (Å²) in [5.74, 6) is -0.0246. The van der Waals surface area contributed by atoms with Crippen LogP contribution < -0.4 is 10.2 Å². The van der Waals surface area contributed by atoms with E-state index in [1.165, 1.54) is 0 Å². The van der Waals surface area contributed by atoms with Crippen LogP contribution in [0, 0.1) is 19.3 Å². The van der Waals surface area contributed by atoms with Crippen LogP contribution >= 0.6 is 11.3 Å². The molecule has 0 saturated heterocycles. The van der Waals surface area contributed by atoms with E-state index in [0.717, 1.165) is 33.8 Å². The van der Waals surface area contributed by atoms with Crippen molar-refractivity contribution in [3.05, 3.63) is 38.8 Å². The molecule has 1 aromatic carbocycles. The number of carbonyl (C=O) groups excluding carboxylic acids is 1. The summed E-state index contributed by atoms with van der Waals surface area (Å²) in [6, 6.07) is 3.97. The number of nitrogens with one attached hydrogen (secondary N) is 1. The maximum Gasteiger partial charge on any atom is 0.443 e. The van der Waals surface area contributed by atoms with Crippen LogP contribution in [0.5, 0.6) is 0 Å². The van der Waals surface area contributed by atoms with Gasteiger partial charge in [0.2, 0.25) is 5.91 Å². The van der Waals surface area contributed by atoms with E-state index in [2.05, 4.69) is 15.2 Å². The van der Waals surface area contributed by atoms with E-state index in [4.69, 9.17) is 0 Å². The predicted octanol–water partition coefficient (Wildman–Crippen LogP) is 6.74. The van der Waals surface area contributed by atoms with Gasteiger partial charge >= 0.3 is 6.18 Å². The number of anilines is 2. The molecule has 2 aromatic rings. The molecule has 4 nitrogen and oxygen atoms in total. The van der Waals surface area contributed by atoms with E-state index in [1.807, 2.05) is 60.6 Å². The fourth-order valence-electron chi connectivity index (χ4n) is 3.52. The number of alkyl halides is 3. The number of halogens is 3. The van der Waals surface area contributed by atoms with E-state index < -0.39 is 11.2 Å². The first kappa shape index (κ1) is 25.2. The largest absolute Gasteiger partial charge is 0.443 e. The number of aromatic nitrogens is 1. The van der Waals surface area contributed by atoms with Gasteiger partial charge in [0.1, 0.15) is 0 Å². The van der Waals surface area contributed by atoms with Gasteiger partial charge in [-0.15, -0.1) is 11.3 Å². The number of thiazole rings is 1. The Kier molecular flexibility index (Phi) is 7.79. The highest BCUT2D eigenvalue weighted by Crippen LogP contribution is 2.37. The van der Waals surface area contributed by atoms with Crippen molar-refractivity contribution in [3.63, 3.8) is 0 Å². The van der Waals surface area contributed by atoms with Gasteiger partial charge in [-0.05, 0) is 42.5 Å². The first-order valence-electron chi connectivity index (χ1n) is 10.6. The zero-order chi connectivity index (χ0) is 23.6. The molecule has 0 fully saturated rings. The summed E-state index contributed by atoms with van der Waals surface area (Å²) >= 11 is 0.731. The van der Waals surface area contributed by atoms with Gasteiger partial charge < -0.3 is 10.2 Å². The van der Waals surface area contributed by atoms with E-state index in [1.54, 1.807) is 0 Å². The van der Waals surface area contributed by atoms with Crippen molar-refractivity contribution in [1.29, 1.82) is 0 Å². The number of hydrogen-bond donors (Lipinski definition) is 1. The van der Waals surface area contributed by atoms with Crippen molar-refractivity contribution in [1.82, 2.24) is 4.98 Å². The molecule has 0 radical (unpaired) electrons. The molecule has 0 saturated carbocycles. The lowest BCUT2D eigenvalue weighted by Crippen LogP contribution is -2.30. The molecule has 0 aliphatic carbocycles. The van der Waals surface area contributed by atoms with Gasteiger partial charge in [-0.3, -0.25) is 4.79 Å². The highest BCUT2D eigenvalue weighted by atomic mass is 32.1. The number of carbonyl (C=O) groups is 1. The van der Waals surface area contributed by atoms with Crippen molar-refractivity contribution < 1.29 is 18.0 Å². The van der Waals surface area contributed by atoms with Gasteiger partial charge in [-0.1, -0.05) is 34.6 Å². The molecule has 31 heavy (non-hydrogen) atoms. The van der Waals surface area contributed by atoms with Crippen LogP contribution in [0.2, 0.25) is 0 Å². The zero-order valence-electron chi connectivity index (χ0n) is 19.3. The Bertz CT molecular complexity index is 906. The van der Waals surface area contributed by atoms with Gasteiger partial charge in [0.15, 0.2) is 5.01 Å². The molecule has 1 amide bonds. The second-order valence-corrected chi connectivity index (χ2v) is 9.88. The number of benzene rings is 1. The Balaban J connectivity index is 0.00000166. The lowest BCUT2D eigenvalue weighted by molar-refractivity contribution is -0.137. The second-order valence-electron chi connectivity index (χ2n) is 8.80. The molecule has 0 bridgehead atoms. The Labute approximate surface area is 186 Å². The van der Waals surface area contributed by atoms with Crippen LogP contribution in [-0.2, 0) is 23.9 Å². The topological polar surface area (TPSA) is 45.2 Å². The third-order valence-corrected chi connectivity index (χ3v) is 5.94. The third-order valence-electron chi connectivity index (χ3n) is 4.81. The normalized spacial score (nSPS) is 13.9. The molecule has 8 heteroatoms. The van der Waals surface area contributed by atoms with E-state index in [0.29, 0.717) is 36.5 Å². The first-order valence-corrected chi connectivity index (χ1v) is 11.4. The monoisotopic (exact) mass is 455 g/mol. The Morgan fingerprint density at radius 3 is 2.26 bits per heavy atom. The Morgan fingerprint density at radius 2 is 1.74 bits per heavy atom. The van der Waals surface area contributed by atoms with Gasteiger partial charge in [0.05, 0.1) is 12.2 Å². The van der Waals surface area contributed by atoms with Crippen LogP contribution in [0.25, 0.3) is 0 Å². The molecule has 0 atom stereocenters. The molecule has 0 spiro atoms. The fourth-order valence-corrected chi connectivity index (χ4v) is 4.51. The summed E-state index contributed by atoms with van der Waals surface area (Å²) < 4.78 is 38.9. The lowest BCUT2D eigenvalue weighted by atomic mass is 9.92. The molecule has 1 aromatic heterocycles. The first-order chi connectivity index (χ1) is 14.3. The molecule has 2 heterocycles. The minimum atomic E-state index is -4.40. The summed E-state index contributed by atoms with van der Waals surface area (Å²) in [4.78, 5) is 18.8. The van der Waals surface area contributed by atoms with Gasteiger partial charge in [-0.2, -0.15) is 13.2 Å². The minimum absolute atomic E-state index is 0.0246. The van der Waals surface area contributed by atoms with E-state index in [-0.39, 0.29) is 11.3 Å². The number of amides is 1. The highest BCUT2D eigenvalue weighted by Gasteiger charge is 2.37. The average molecular weight is 456 g/mol. The summed E-state index contributed by atoms with van der Waals surface area (Å²) in [7, 11) is 0. The number of hydrogen-bond acceptors (Lipinski definition) is 4. The zero-order valence-corrected chi connectivity index (χ0v) is 20.1. The average Bonchev–Trinajstić information content (AvgIpc) is 3.08. The van der Waals surface area contributed by atoms with Crippen molar-refractivity contribution in [2.75, 3.05) is 16.8 Å². The van der Waals surface area contributed by atoms with Crippen molar-refractivity contribution in [2.45, 2.75) is 74.0 Å². The van der Waals surface area contributed by atoms with Crippen LogP contribution in [0.4, 0.5) is 24.5 Å². The molecule has 1 aliphatic rings. The van der Waals surface area contributed by atoms with E-state index in [9.17, 15) is 18.0 Å². The SMILES string of the molecule is CC.Cc1cc(N2CCc3nc(C(F)(F)F)sc3C2)cc(C)c1NC(=O)CC(C)(C)C. The van der Waals surface area contributed by atoms with Crippen LogP contribution in [0.15, 0.2) is 12.1 Å². The smallest absolute Gasteiger partial charge is 0.366 e. The lowest BCUT2D eigenvalue weighted by Gasteiger charge is -2.29. The molecule has 0 unspecified atom stereocenters. The maximum atomic E-state index is 13.0. The third kappa shape index (κ3) is 6.45. The fraction of sp³-hybridized carbons (Fsp3) is 0.565. The Hall–Kier alpha value is -2.09. The summed E-state index contributed by atoms with van der Waals surface area (Å²) in [6.45, 7) is 15.0. The summed E-state index contributed by atoms with van der Waals surface area (Å²) in [6.07, 6.45) is -3.48. The quantitative estimate of drug-likeness (QED) is 0.557. The van der Waals surface area contributed by atoms with E-state index >= 15 is 0 Å². The second kappa shape index (κ2) is 9.59. The molecule has 172 valence electrons. The maximum absolute atomic E-state index is 13.0. The van der Waals surface area contributed by atoms with Crippen LogP contribution in [0.3, 0.4) is 0 Å². The molecule has 1 aliphatic heterocycles. The number of nitrogens with zero attached hydrogens (tertiary/aromatic N) is 2. The van der Waals surface area contributed by atoms with Crippen molar-refractivity contribution >= 4 is 28.6 Å².